The van der Waals surface area contributed by atoms with Crippen LogP contribution in [0.2, 0.25) is 0 Å². The number of hydrogen-bond donors (Lipinski definition) is 1. The van der Waals surface area contributed by atoms with Crippen molar-refractivity contribution in [2.24, 2.45) is 5.73 Å². The molecule has 0 unspecified atom stereocenters. The Morgan fingerprint density at radius 2 is 2.04 bits per heavy atom. The van der Waals surface area contributed by atoms with Gasteiger partial charge in [-0.3, -0.25) is 4.79 Å². The third kappa shape index (κ3) is 5.07. The van der Waals surface area contributed by atoms with E-state index >= 15 is 0 Å². The number of hydrogen-bond acceptors (Lipinski definition) is 6. The molecule has 2 heterocycles. The molecule has 7 nitrogen and oxygen atoms in total. The zero-order valence-electron chi connectivity index (χ0n) is 14.1. The van der Waals surface area contributed by atoms with E-state index in [-0.39, 0.29) is 24.3 Å². The van der Waals surface area contributed by atoms with Gasteiger partial charge in [-0.2, -0.15) is 0 Å². The fraction of sp³-hybridized carbons (Fsp3) is 0.562. The molecule has 0 bridgehead atoms. The van der Waals surface area contributed by atoms with Gasteiger partial charge in [-0.05, 0) is 32.4 Å². The van der Waals surface area contributed by atoms with Crippen molar-refractivity contribution in [2.45, 2.75) is 26.3 Å². The van der Waals surface area contributed by atoms with Gasteiger partial charge in [0.25, 0.3) is 0 Å². The van der Waals surface area contributed by atoms with Crippen molar-refractivity contribution in [3.05, 3.63) is 23.9 Å². The Hall–Kier alpha value is -1.86. The molecule has 2 rings (SSSR count). The van der Waals surface area contributed by atoms with Crippen molar-refractivity contribution < 1.29 is 14.3 Å². The molecule has 0 spiro atoms. The van der Waals surface area contributed by atoms with Crippen molar-refractivity contribution in [1.29, 1.82) is 0 Å². The molecule has 1 atom stereocenters. The molecule has 1 aliphatic rings. The van der Waals surface area contributed by atoms with Gasteiger partial charge in [0.1, 0.15) is 5.82 Å². The van der Waals surface area contributed by atoms with Gasteiger partial charge in [0, 0.05) is 32.4 Å². The van der Waals surface area contributed by atoms with E-state index in [0.717, 1.165) is 18.8 Å². The largest absolute Gasteiger partial charge is 0.462 e. The lowest BCUT2D eigenvalue weighted by Gasteiger charge is -2.24. The number of anilines is 1. The topological polar surface area (TPSA) is 88.8 Å². The zero-order chi connectivity index (χ0) is 16.8. The number of ether oxygens (including phenoxy) is 1. The Morgan fingerprint density at radius 1 is 1.29 bits per heavy atom. The number of carbonyl (C=O) groups is 2. The first-order valence-corrected chi connectivity index (χ1v) is 7.95. The van der Waals surface area contributed by atoms with Crippen molar-refractivity contribution in [3.8, 4) is 0 Å². The van der Waals surface area contributed by atoms with Gasteiger partial charge in [-0.25, -0.2) is 9.78 Å². The predicted octanol–water partition coefficient (Wildman–Crippen LogP) is 1.07. The molecule has 1 aromatic heterocycles. The Morgan fingerprint density at radius 3 is 2.62 bits per heavy atom. The minimum atomic E-state index is -0.469. The van der Waals surface area contributed by atoms with Crippen molar-refractivity contribution >= 4 is 30.1 Å². The number of nitrogens with zero attached hydrogens (tertiary/aromatic N) is 3. The third-order valence-corrected chi connectivity index (χ3v) is 3.78. The average Bonchev–Trinajstić information content (AvgIpc) is 2.80. The molecule has 24 heavy (non-hydrogen) atoms. The SMILES string of the molecule is CCOC(=O)c1ccc(N2CCCN(C(=O)[C@@H](C)N)CC2)nc1.Cl. The van der Waals surface area contributed by atoms with E-state index in [1.54, 1.807) is 24.8 Å². The maximum atomic E-state index is 12.0. The van der Waals surface area contributed by atoms with E-state index < -0.39 is 6.04 Å². The zero-order valence-corrected chi connectivity index (χ0v) is 14.9. The summed E-state index contributed by atoms with van der Waals surface area (Å²) in [5.74, 6) is 0.418. The number of amides is 1. The van der Waals surface area contributed by atoms with Gasteiger partial charge >= 0.3 is 5.97 Å². The Kier molecular flexibility index (Phi) is 7.94. The Balaban J connectivity index is 0.00000288. The smallest absolute Gasteiger partial charge is 0.339 e. The van der Waals surface area contributed by atoms with Crippen molar-refractivity contribution in [1.82, 2.24) is 9.88 Å². The molecule has 8 heteroatoms. The van der Waals surface area contributed by atoms with Crippen LogP contribution in [0.15, 0.2) is 18.3 Å². The highest BCUT2D eigenvalue weighted by atomic mass is 35.5. The minimum absolute atomic E-state index is 0. The number of pyridine rings is 1. The quantitative estimate of drug-likeness (QED) is 0.812. The molecule has 1 saturated heterocycles. The number of halogens is 1. The molecule has 0 aromatic carbocycles. The van der Waals surface area contributed by atoms with Crippen LogP contribution in [0.4, 0.5) is 5.82 Å². The normalized spacial score (nSPS) is 16.0. The molecule has 1 fully saturated rings. The van der Waals surface area contributed by atoms with Crippen LogP contribution in [0.5, 0.6) is 0 Å². The summed E-state index contributed by atoms with van der Waals surface area (Å²) in [5, 5.41) is 0. The summed E-state index contributed by atoms with van der Waals surface area (Å²) in [4.78, 5) is 31.9. The predicted molar refractivity (Wildman–Crippen MR) is 94.5 cm³/mol. The highest BCUT2D eigenvalue weighted by molar-refractivity contribution is 5.89. The van der Waals surface area contributed by atoms with Crippen molar-refractivity contribution in [2.75, 3.05) is 37.7 Å². The molecule has 1 aliphatic heterocycles. The van der Waals surface area contributed by atoms with Crippen LogP contribution in [-0.4, -0.2) is 60.6 Å². The standard InChI is InChI=1S/C16H24N4O3.ClH/c1-3-23-16(22)13-5-6-14(18-11-13)19-7-4-8-20(10-9-19)15(21)12(2)17;/h5-6,11-12H,3-4,7-10,17H2,1-2H3;1H/t12-;/m1./s1. The molecule has 0 saturated carbocycles. The summed E-state index contributed by atoms with van der Waals surface area (Å²) in [6, 6.07) is 3.06. The van der Waals surface area contributed by atoms with Gasteiger partial charge in [0.2, 0.25) is 5.91 Å². The number of carbonyl (C=O) groups excluding carboxylic acids is 2. The number of nitrogens with two attached hydrogens (primary N) is 1. The minimum Gasteiger partial charge on any atom is -0.462 e. The van der Waals surface area contributed by atoms with Crippen LogP contribution in [0.3, 0.4) is 0 Å². The Bertz CT molecular complexity index is 551. The van der Waals surface area contributed by atoms with E-state index in [2.05, 4.69) is 9.88 Å². The highest BCUT2D eigenvalue weighted by Crippen LogP contribution is 2.15. The summed E-state index contributed by atoms with van der Waals surface area (Å²) >= 11 is 0. The molecule has 0 radical (unpaired) electrons. The Labute approximate surface area is 148 Å². The van der Waals surface area contributed by atoms with Crippen LogP contribution < -0.4 is 10.6 Å². The second-order valence-corrected chi connectivity index (χ2v) is 5.58. The molecular formula is C16H25ClN4O3. The molecule has 1 aromatic rings. The van der Waals surface area contributed by atoms with Gasteiger partial charge in [-0.1, -0.05) is 0 Å². The number of rotatable bonds is 4. The summed E-state index contributed by atoms with van der Waals surface area (Å²) in [5.41, 5.74) is 6.12. The van der Waals surface area contributed by atoms with Gasteiger partial charge in [0.05, 0.1) is 18.2 Å². The molecule has 2 N–H and O–H groups in total. The lowest BCUT2D eigenvalue weighted by atomic mass is 10.2. The summed E-state index contributed by atoms with van der Waals surface area (Å²) < 4.78 is 4.95. The molecule has 1 amide bonds. The lowest BCUT2D eigenvalue weighted by Crippen LogP contribution is -2.43. The second kappa shape index (κ2) is 9.44. The molecular weight excluding hydrogens is 332 g/mol. The number of aromatic nitrogens is 1. The van der Waals surface area contributed by atoms with Crippen LogP contribution in [0, 0.1) is 0 Å². The van der Waals surface area contributed by atoms with Crippen LogP contribution >= 0.6 is 12.4 Å². The monoisotopic (exact) mass is 356 g/mol. The summed E-state index contributed by atoms with van der Waals surface area (Å²) in [6.07, 6.45) is 2.39. The lowest BCUT2D eigenvalue weighted by molar-refractivity contribution is -0.131. The van der Waals surface area contributed by atoms with E-state index in [1.165, 1.54) is 6.20 Å². The molecule has 134 valence electrons. The van der Waals surface area contributed by atoms with Crippen LogP contribution in [0.25, 0.3) is 0 Å². The van der Waals surface area contributed by atoms with Gasteiger partial charge < -0.3 is 20.3 Å². The van der Waals surface area contributed by atoms with Crippen molar-refractivity contribution in [3.63, 3.8) is 0 Å². The highest BCUT2D eigenvalue weighted by Gasteiger charge is 2.22. The average molecular weight is 357 g/mol. The molecule has 0 aliphatic carbocycles. The van der Waals surface area contributed by atoms with Crippen LogP contribution in [-0.2, 0) is 9.53 Å². The first-order chi connectivity index (χ1) is 11.0. The third-order valence-electron chi connectivity index (χ3n) is 3.78. The van der Waals surface area contributed by atoms with Crippen LogP contribution in [0.1, 0.15) is 30.6 Å². The first-order valence-electron chi connectivity index (χ1n) is 7.95. The maximum Gasteiger partial charge on any atom is 0.339 e. The van der Waals surface area contributed by atoms with E-state index in [4.69, 9.17) is 10.5 Å². The number of esters is 1. The fourth-order valence-corrected chi connectivity index (χ4v) is 2.56. The maximum absolute atomic E-state index is 12.0. The summed E-state index contributed by atoms with van der Waals surface area (Å²) in [6.45, 7) is 6.67. The van der Waals surface area contributed by atoms with Gasteiger partial charge in [-0.15, -0.1) is 12.4 Å². The van der Waals surface area contributed by atoms with E-state index in [9.17, 15) is 9.59 Å². The van der Waals surface area contributed by atoms with E-state index in [1.807, 2.05) is 6.07 Å². The second-order valence-electron chi connectivity index (χ2n) is 5.58. The summed E-state index contributed by atoms with van der Waals surface area (Å²) in [7, 11) is 0. The van der Waals surface area contributed by atoms with Gasteiger partial charge in [0.15, 0.2) is 0 Å². The van der Waals surface area contributed by atoms with E-state index in [0.29, 0.717) is 31.8 Å². The fourth-order valence-electron chi connectivity index (χ4n) is 2.56. The first kappa shape index (κ1) is 20.2.